The number of rotatable bonds is 9. The molecule has 0 saturated carbocycles. The summed E-state index contributed by atoms with van der Waals surface area (Å²) in [6.45, 7) is 7.31. The highest BCUT2D eigenvalue weighted by Gasteiger charge is 2.07. The van der Waals surface area contributed by atoms with E-state index in [2.05, 4.69) is 9.99 Å². The molecule has 0 aliphatic carbocycles. The minimum absolute atomic E-state index is 0.592. The van der Waals surface area contributed by atoms with Crippen molar-refractivity contribution in [2.45, 2.75) is 33.6 Å². The van der Waals surface area contributed by atoms with Gasteiger partial charge in [-0.2, -0.15) is 0 Å². The number of benzene rings is 1. The summed E-state index contributed by atoms with van der Waals surface area (Å²) in [4.78, 5) is 4.61. The molecule has 0 aliphatic rings. The summed E-state index contributed by atoms with van der Waals surface area (Å²) in [7, 11) is 1.54. The molecule has 0 amide bonds. The van der Waals surface area contributed by atoms with Gasteiger partial charge in [-0.25, -0.2) is 0 Å². The molecule has 1 aromatic carbocycles. The lowest BCUT2D eigenvalue weighted by molar-refractivity contribution is 0.214. The van der Waals surface area contributed by atoms with Gasteiger partial charge in [0.05, 0.1) is 6.61 Å². The highest BCUT2D eigenvalue weighted by atomic mass is 16.6. The summed E-state index contributed by atoms with van der Waals surface area (Å²) in [6.07, 6.45) is 7.46. The van der Waals surface area contributed by atoms with Crippen molar-refractivity contribution in [2.24, 2.45) is 5.16 Å². The monoisotopic (exact) mass is 291 g/mol. The van der Waals surface area contributed by atoms with Crippen LogP contribution >= 0.6 is 0 Å². The second-order valence-electron chi connectivity index (χ2n) is 4.73. The molecule has 1 aromatic rings. The maximum atomic E-state index is 5.86. The predicted molar refractivity (Wildman–Crippen MR) is 86.5 cm³/mol. The van der Waals surface area contributed by atoms with Crippen molar-refractivity contribution in [3.05, 3.63) is 35.4 Å². The van der Waals surface area contributed by atoms with Gasteiger partial charge >= 0.3 is 0 Å². The largest absolute Gasteiger partial charge is 0.493 e. The molecule has 0 unspecified atom stereocenters. The zero-order valence-electron chi connectivity index (χ0n) is 13.4. The van der Waals surface area contributed by atoms with Gasteiger partial charge in [-0.15, -0.1) is 0 Å². The molecule has 4 heteroatoms. The fourth-order valence-corrected chi connectivity index (χ4v) is 1.94. The Morgan fingerprint density at radius 1 is 1.14 bits per heavy atom. The number of aryl methyl sites for hydroxylation is 2. The number of hydrogen-bond acceptors (Lipinski definition) is 4. The maximum Gasteiger partial charge on any atom is 0.125 e. The lowest BCUT2D eigenvalue weighted by atomic mass is 10.1. The SMILES string of the molecule is C/C=C/COc1cc(C)c(OCCC/C=N/OC)c(C)c1. The molecule has 0 heterocycles. The zero-order valence-corrected chi connectivity index (χ0v) is 13.4. The number of unbranched alkanes of at least 4 members (excludes halogenated alkanes) is 1. The van der Waals surface area contributed by atoms with Gasteiger partial charge in [0.2, 0.25) is 0 Å². The van der Waals surface area contributed by atoms with Crippen LogP contribution in [0.4, 0.5) is 0 Å². The van der Waals surface area contributed by atoms with Crippen molar-refractivity contribution in [3.63, 3.8) is 0 Å². The van der Waals surface area contributed by atoms with E-state index in [1.165, 1.54) is 0 Å². The van der Waals surface area contributed by atoms with Gasteiger partial charge in [0, 0.05) is 6.21 Å². The molecule has 0 spiro atoms. The Labute approximate surface area is 127 Å². The number of oxime groups is 1. The van der Waals surface area contributed by atoms with Gasteiger partial charge in [0.1, 0.15) is 25.2 Å². The third-order valence-electron chi connectivity index (χ3n) is 2.92. The van der Waals surface area contributed by atoms with Gasteiger partial charge in [-0.1, -0.05) is 17.3 Å². The lowest BCUT2D eigenvalue weighted by Crippen LogP contribution is -2.02. The van der Waals surface area contributed by atoms with E-state index in [0.29, 0.717) is 13.2 Å². The Balaban J connectivity index is 2.53. The maximum absolute atomic E-state index is 5.86. The summed E-state index contributed by atoms with van der Waals surface area (Å²) in [5.74, 6) is 1.82. The number of nitrogens with zero attached hydrogens (tertiary/aromatic N) is 1. The van der Waals surface area contributed by atoms with Crippen LogP contribution in [0.15, 0.2) is 29.4 Å². The molecule has 0 atom stereocenters. The summed E-state index contributed by atoms with van der Waals surface area (Å²) >= 11 is 0. The van der Waals surface area contributed by atoms with E-state index >= 15 is 0 Å². The minimum atomic E-state index is 0.592. The molecular weight excluding hydrogens is 266 g/mol. The summed E-state index contributed by atoms with van der Waals surface area (Å²) in [6, 6.07) is 4.02. The molecule has 0 aliphatic heterocycles. The topological polar surface area (TPSA) is 40.0 Å². The van der Waals surface area contributed by atoms with Gasteiger partial charge < -0.3 is 14.3 Å². The van der Waals surface area contributed by atoms with Crippen molar-refractivity contribution in [3.8, 4) is 11.5 Å². The Morgan fingerprint density at radius 2 is 1.86 bits per heavy atom. The van der Waals surface area contributed by atoms with Crippen molar-refractivity contribution in [2.75, 3.05) is 20.3 Å². The van der Waals surface area contributed by atoms with E-state index < -0.39 is 0 Å². The van der Waals surface area contributed by atoms with E-state index in [1.54, 1.807) is 13.3 Å². The summed E-state index contributed by atoms with van der Waals surface area (Å²) < 4.78 is 11.5. The lowest BCUT2D eigenvalue weighted by Gasteiger charge is -2.14. The van der Waals surface area contributed by atoms with Crippen molar-refractivity contribution >= 4 is 6.21 Å². The molecule has 0 N–H and O–H groups in total. The first-order valence-corrected chi connectivity index (χ1v) is 7.22. The van der Waals surface area contributed by atoms with Gasteiger partial charge in [-0.3, -0.25) is 0 Å². The highest BCUT2D eigenvalue weighted by molar-refractivity contribution is 5.56. The summed E-state index contributed by atoms with van der Waals surface area (Å²) in [5.41, 5.74) is 2.19. The van der Waals surface area contributed by atoms with E-state index in [9.17, 15) is 0 Å². The van der Waals surface area contributed by atoms with Crippen molar-refractivity contribution < 1.29 is 14.3 Å². The first-order chi connectivity index (χ1) is 10.2. The Morgan fingerprint density at radius 3 is 2.48 bits per heavy atom. The molecule has 0 bridgehead atoms. The smallest absolute Gasteiger partial charge is 0.125 e. The van der Waals surface area contributed by atoms with Crippen LogP contribution in [0.5, 0.6) is 11.5 Å². The van der Waals surface area contributed by atoms with Gasteiger partial charge in [-0.05, 0) is 56.9 Å². The van der Waals surface area contributed by atoms with Crippen molar-refractivity contribution in [1.82, 2.24) is 0 Å². The molecule has 21 heavy (non-hydrogen) atoms. The van der Waals surface area contributed by atoms with Crippen molar-refractivity contribution in [1.29, 1.82) is 0 Å². The van der Waals surface area contributed by atoms with Crippen LogP contribution in [0.2, 0.25) is 0 Å². The van der Waals surface area contributed by atoms with Crippen LogP contribution in [0.25, 0.3) is 0 Å². The molecule has 0 saturated heterocycles. The van der Waals surface area contributed by atoms with Gasteiger partial charge in [0.25, 0.3) is 0 Å². The van der Waals surface area contributed by atoms with Crippen LogP contribution in [0, 0.1) is 13.8 Å². The molecule has 4 nitrogen and oxygen atoms in total. The Hall–Kier alpha value is -1.97. The van der Waals surface area contributed by atoms with Crippen LogP contribution in [-0.2, 0) is 4.84 Å². The van der Waals surface area contributed by atoms with E-state index in [4.69, 9.17) is 9.47 Å². The Kier molecular flexibility index (Phi) is 8.02. The normalized spacial score (nSPS) is 11.2. The fraction of sp³-hybridized carbons (Fsp3) is 0.471. The van der Waals surface area contributed by atoms with Gasteiger partial charge in [0.15, 0.2) is 0 Å². The summed E-state index contributed by atoms with van der Waals surface area (Å²) in [5, 5.41) is 3.70. The fourth-order valence-electron chi connectivity index (χ4n) is 1.94. The second-order valence-corrected chi connectivity index (χ2v) is 4.73. The quantitative estimate of drug-likeness (QED) is 0.298. The van der Waals surface area contributed by atoms with E-state index in [-0.39, 0.29) is 0 Å². The molecule has 1 rings (SSSR count). The van der Waals surface area contributed by atoms with Crippen LogP contribution in [0.1, 0.15) is 30.9 Å². The molecular formula is C17H25NO3. The van der Waals surface area contributed by atoms with Crippen LogP contribution in [-0.4, -0.2) is 26.5 Å². The first kappa shape index (κ1) is 17.1. The number of allylic oxidation sites excluding steroid dienone is 1. The third-order valence-corrected chi connectivity index (χ3v) is 2.92. The average Bonchev–Trinajstić information content (AvgIpc) is 2.45. The van der Waals surface area contributed by atoms with Crippen LogP contribution in [0.3, 0.4) is 0 Å². The number of hydrogen-bond donors (Lipinski definition) is 0. The highest BCUT2D eigenvalue weighted by Crippen LogP contribution is 2.28. The third kappa shape index (κ3) is 6.34. The Bertz CT molecular complexity index is 458. The zero-order chi connectivity index (χ0) is 15.5. The molecule has 116 valence electrons. The minimum Gasteiger partial charge on any atom is -0.493 e. The number of ether oxygens (including phenoxy) is 2. The molecule has 0 fully saturated rings. The predicted octanol–water partition coefficient (Wildman–Crippen LogP) is 4.05. The van der Waals surface area contributed by atoms with E-state index in [1.807, 2.05) is 45.1 Å². The first-order valence-electron chi connectivity index (χ1n) is 7.22. The standard InChI is InChI=1S/C17H25NO3/c1-5-6-10-20-16-12-14(2)17(15(3)13-16)21-11-8-7-9-18-19-4/h5-6,9,12-13H,7-8,10-11H2,1-4H3/b6-5+,18-9+. The average molecular weight is 291 g/mol. The molecule has 0 radical (unpaired) electrons. The van der Waals surface area contributed by atoms with E-state index in [0.717, 1.165) is 35.5 Å². The molecule has 0 aromatic heterocycles. The second kappa shape index (κ2) is 9.86. The van der Waals surface area contributed by atoms with Crippen LogP contribution < -0.4 is 9.47 Å².